The number of hydrogen-bond acceptors (Lipinski definition) is 8. The van der Waals surface area contributed by atoms with Gasteiger partial charge in [0.2, 0.25) is 5.91 Å². The van der Waals surface area contributed by atoms with Gasteiger partial charge in [0.1, 0.15) is 17.7 Å². The second kappa shape index (κ2) is 10.1. The number of ether oxygens (including phenoxy) is 2. The number of nitrogens with one attached hydrogen (secondary N) is 1. The fraction of sp³-hybridized carbons (Fsp3) is 0.158. The van der Waals surface area contributed by atoms with Crippen LogP contribution in [0.25, 0.3) is 0 Å². The first-order chi connectivity index (χ1) is 15.7. The fourth-order valence-electron chi connectivity index (χ4n) is 2.72. The van der Waals surface area contributed by atoms with Crippen molar-refractivity contribution in [1.29, 1.82) is 0 Å². The Hall–Kier alpha value is -3.90. The first-order valence-corrected chi connectivity index (χ1v) is 9.90. The number of halogens is 2. The van der Waals surface area contributed by atoms with Crippen LogP contribution in [0.5, 0.6) is 17.4 Å². The van der Waals surface area contributed by atoms with Gasteiger partial charge in [-0.05, 0) is 18.2 Å². The molecule has 1 heterocycles. The number of rotatable bonds is 9. The lowest BCUT2D eigenvalue weighted by atomic mass is 10.2. The van der Waals surface area contributed by atoms with E-state index in [4.69, 9.17) is 32.7 Å². The van der Waals surface area contributed by atoms with E-state index in [1.807, 2.05) is 0 Å². The van der Waals surface area contributed by atoms with Crippen molar-refractivity contribution in [2.24, 2.45) is 0 Å². The molecule has 0 saturated heterocycles. The van der Waals surface area contributed by atoms with Crippen LogP contribution in [0.4, 0.5) is 17.1 Å². The number of aromatic nitrogens is 2. The lowest BCUT2D eigenvalue weighted by Gasteiger charge is -2.11. The van der Waals surface area contributed by atoms with Crippen LogP contribution in [0.3, 0.4) is 0 Å². The van der Waals surface area contributed by atoms with Crippen LogP contribution in [-0.2, 0) is 11.3 Å². The van der Waals surface area contributed by atoms with Crippen LogP contribution >= 0.6 is 23.2 Å². The molecule has 0 aliphatic heterocycles. The van der Waals surface area contributed by atoms with Crippen molar-refractivity contribution in [1.82, 2.24) is 9.78 Å². The number of amides is 1. The maximum atomic E-state index is 12.4. The van der Waals surface area contributed by atoms with Gasteiger partial charge in [-0.15, -0.1) is 5.10 Å². The minimum atomic E-state index is -0.653. The van der Waals surface area contributed by atoms with Crippen LogP contribution in [0.1, 0.15) is 6.42 Å². The number of non-ortho nitro benzene ring substituents is 1. The number of nitro benzene ring substituents is 1. The summed E-state index contributed by atoms with van der Waals surface area (Å²) in [6.07, 6.45) is 1.02. The third-order valence-corrected chi connectivity index (χ3v) is 4.71. The molecule has 1 amide bonds. The van der Waals surface area contributed by atoms with E-state index in [1.165, 1.54) is 42.1 Å². The third-order valence-electron chi connectivity index (χ3n) is 4.18. The molecule has 0 radical (unpaired) electrons. The number of carbonyl (C=O) groups is 1. The van der Waals surface area contributed by atoms with E-state index in [0.717, 1.165) is 12.3 Å². The lowest BCUT2D eigenvalue weighted by Crippen LogP contribution is -2.15. The number of nitrogens with zero attached hydrogens (tertiary/aromatic N) is 4. The minimum Gasteiger partial charge on any atom is -0.475 e. The molecule has 3 aromatic rings. The molecule has 14 heteroatoms. The molecule has 0 unspecified atom stereocenters. The van der Waals surface area contributed by atoms with Crippen molar-refractivity contribution in [3.8, 4) is 17.4 Å². The first-order valence-electron chi connectivity index (χ1n) is 9.14. The van der Waals surface area contributed by atoms with E-state index in [0.29, 0.717) is 5.02 Å². The summed E-state index contributed by atoms with van der Waals surface area (Å²) >= 11 is 11.9. The highest BCUT2D eigenvalue weighted by molar-refractivity contribution is 6.35. The number of carbonyl (C=O) groups excluding carboxylic acids is 1. The highest BCUT2D eigenvalue weighted by Crippen LogP contribution is 2.34. The van der Waals surface area contributed by atoms with Crippen molar-refractivity contribution >= 4 is 46.2 Å². The van der Waals surface area contributed by atoms with Gasteiger partial charge in [0.15, 0.2) is 0 Å². The van der Waals surface area contributed by atoms with E-state index < -0.39 is 15.8 Å². The predicted octanol–water partition coefficient (Wildman–Crippen LogP) is 4.84. The molecular formula is C19H15Cl2N5O7. The third kappa shape index (κ3) is 6.08. The molecule has 0 saturated carbocycles. The van der Waals surface area contributed by atoms with Crippen LogP contribution in [0, 0.1) is 20.2 Å². The summed E-state index contributed by atoms with van der Waals surface area (Å²) in [5, 5.41) is 29.3. The molecular weight excluding hydrogens is 481 g/mol. The summed E-state index contributed by atoms with van der Waals surface area (Å²) in [7, 11) is 1.24. The van der Waals surface area contributed by atoms with Crippen molar-refractivity contribution < 1.29 is 24.1 Å². The SMILES string of the molecule is COc1nn(CCC(=O)Nc2cc(Oc3ccc(Cl)cc3Cl)cc([N+](=O)[O-])c2)cc1[N+](=O)[O-]. The molecule has 0 bridgehead atoms. The largest absolute Gasteiger partial charge is 0.475 e. The maximum absolute atomic E-state index is 12.4. The predicted molar refractivity (Wildman–Crippen MR) is 118 cm³/mol. The van der Waals surface area contributed by atoms with Gasteiger partial charge in [0.25, 0.3) is 5.69 Å². The van der Waals surface area contributed by atoms with E-state index >= 15 is 0 Å². The summed E-state index contributed by atoms with van der Waals surface area (Å²) in [5.41, 5.74) is -0.544. The number of anilines is 1. The summed E-state index contributed by atoms with van der Waals surface area (Å²) in [4.78, 5) is 33.3. The quantitative estimate of drug-likeness (QED) is 0.327. The summed E-state index contributed by atoms with van der Waals surface area (Å²) in [6, 6.07) is 8.22. The molecule has 0 spiro atoms. The topological polar surface area (TPSA) is 152 Å². The number of hydrogen-bond donors (Lipinski definition) is 1. The number of nitro groups is 2. The molecule has 12 nitrogen and oxygen atoms in total. The van der Waals surface area contributed by atoms with Gasteiger partial charge in [0.05, 0.1) is 40.3 Å². The summed E-state index contributed by atoms with van der Waals surface area (Å²) in [5.74, 6) is -0.408. The molecule has 1 N–H and O–H groups in total. The summed E-state index contributed by atoms with van der Waals surface area (Å²) < 4.78 is 11.6. The molecule has 33 heavy (non-hydrogen) atoms. The minimum absolute atomic E-state index is 0.00863. The van der Waals surface area contributed by atoms with Crippen molar-refractivity contribution in [2.75, 3.05) is 12.4 Å². The smallest absolute Gasteiger partial charge is 0.350 e. The van der Waals surface area contributed by atoms with E-state index in [9.17, 15) is 25.0 Å². The van der Waals surface area contributed by atoms with Crippen molar-refractivity contribution in [3.63, 3.8) is 0 Å². The normalized spacial score (nSPS) is 10.5. The monoisotopic (exact) mass is 495 g/mol. The Balaban J connectivity index is 1.73. The maximum Gasteiger partial charge on any atom is 0.350 e. The zero-order valence-corrected chi connectivity index (χ0v) is 18.4. The Morgan fingerprint density at radius 2 is 1.91 bits per heavy atom. The molecule has 3 rings (SSSR count). The average molecular weight is 496 g/mol. The van der Waals surface area contributed by atoms with E-state index in [1.54, 1.807) is 0 Å². The first kappa shape index (κ1) is 23.8. The Kier molecular flexibility index (Phi) is 7.30. The molecule has 0 fully saturated rings. The van der Waals surface area contributed by atoms with Gasteiger partial charge in [0, 0.05) is 23.6 Å². The second-order valence-corrected chi connectivity index (χ2v) is 7.34. The highest BCUT2D eigenvalue weighted by atomic mass is 35.5. The standard InChI is InChI=1S/C19H15Cl2N5O7/c1-32-19-16(26(30)31)10-24(23-19)5-4-18(27)22-12-7-13(25(28)29)9-14(8-12)33-17-3-2-11(20)6-15(17)21/h2-3,6-10H,4-5H2,1H3,(H,22,27). The van der Waals surface area contributed by atoms with Gasteiger partial charge in [-0.2, -0.15) is 0 Å². The van der Waals surface area contributed by atoms with Crippen LogP contribution in [0.15, 0.2) is 42.6 Å². The van der Waals surface area contributed by atoms with E-state index in [2.05, 4.69) is 10.4 Å². The van der Waals surface area contributed by atoms with Crippen molar-refractivity contribution in [3.05, 3.63) is 72.9 Å². The zero-order valence-electron chi connectivity index (χ0n) is 16.9. The highest BCUT2D eigenvalue weighted by Gasteiger charge is 2.20. The fourth-order valence-corrected chi connectivity index (χ4v) is 3.17. The summed E-state index contributed by atoms with van der Waals surface area (Å²) in [6.45, 7) is 0.00863. The van der Waals surface area contributed by atoms with Gasteiger partial charge in [-0.25, -0.2) is 0 Å². The number of methoxy groups -OCH3 is 1. The van der Waals surface area contributed by atoms with Crippen LogP contribution in [0.2, 0.25) is 10.0 Å². The lowest BCUT2D eigenvalue weighted by molar-refractivity contribution is -0.385. The number of aryl methyl sites for hydroxylation is 1. The van der Waals surface area contributed by atoms with E-state index in [-0.39, 0.29) is 52.4 Å². The Morgan fingerprint density at radius 1 is 1.15 bits per heavy atom. The van der Waals surface area contributed by atoms with Gasteiger partial charge < -0.3 is 14.8 Å². The molecule has 0 aliphatic rings. The van der Waals surface area contributed by atoms with Crippen LogP contribution in [-0.4, -0.2) is 32.6 Å². The van der Waals surface area contributed by atoms with Crippen LogP contribution < -0.4 is 14.8 Å². The molecule has 2 aromatic carbocycles. The average Bonchev–Trinajstić information content (AvgIpc) is 3.18. The molecule has 1 aromatic heterocycles. The second-order valence-electron chi connectivity index (χ2n) is 6.49. The molecule has 0 atom stereocenters. The number of benzene rings is 2. The van der Waals surface area contributed by atoms with Gasteiger partial charge in [-0.1, -0.05) is 23.2 Å². The Bertz CT molecular complexity index is 1230. The van der Waals surface area contributed by atoms with Gasteiger partial charge >= 0.3 is 11.6 Å². The Labute approximate surface area is 195 Å². The molecule has 172 valence electrons. The zero-order chi connectivity index (χ0) is 24.1. The van der Waals surface area contributed by atoms with Gasteiger partial charge in [-0.3, -0.25) is 29.7 Å². The Morgan fingerprint density at radius 3 is 2.52 bits per heavy atom. The van der Waals surface area contributed by atoms with Crippen molar-refractivity contribution in [2.45, 2.75) is 13.0 Å². The molecule has 0 aliphatic carbocycles.